The van der Waals surface area contributed by atoms with Crippen LogP contribution in [-0.2, 0) is 6.61 Å². The van der Waals surface area contributed by atoms with E-state index in [0.717, 1.165) is 0 Å². The van der Waals surface area contributed by atoms with Crippen LogP contribution >= 0.6 is 0 Å². The van der Waals surface area contributed by atoms with Crippen LogP contribution in [0.15, 0.2) is 54.7 Å². The summed E-state index contributed by atoms with van der Waals surface area (Å²) in [6.45, 7) is 0.123. The van der Waals surface area contributed by atoms with Crippen molar-refractivity contribution in [3.63, 3.8) is 0 Å². The van der Waals surface area contributed by atoms with Gasteiger partial charge in [0.15, 0.2) is 0 Å². The zero-order chi connectivity index (χ0) is 17.5. The van der Waals surface area contributed by atoms with Gasteiger partial charge in [0.05, 0.1) is 0 Å². The van der Waals surface area contributed by atoms with Gasteiger partial charge < -0.3 is 10.1 Å². The molecule has 0 saturated carbocycles. The molecular weight excluding hydrogens is 323 g/mol. The summed E-state index contributed by atoms with van der Waals surface area (Å²) in [6.07, 6.45) is 1.47. The van der Waals surface area contributed by atoms with Crippen molar-refractivity contribution >= 4 is 11.3 Å². The maximum absolute atomic E-state index is 13.6. The van der Waals surface area contributed by atoms with Gasteiger partial charge >= 0.3 is 0 Å². The minimum absolute atomic E-state index is 0.123. The lowest BCUT2D eigenvalue weighted by atomic mass is 10.2. The van der Waals surface area contributed by atoms with E-state index < -0.39 is 0 Å². The Morgan fingerprint density at radius 1 is 1.28 bits per heavy atom. The van der Waals surface area contributed by atoms with Crippen molar-refractivity contribution in [3.8, 4) is 11.8 Å². The van der Waals surface area contributed by atoms with Crippen molar-refractivity contribution < 1.29 is 9.13 Å². The lowest BCUT2D eigenvalue weighted by molar-refractivity contribution is 0.300. The number of benzene rings is 2. The molecule has 3 rings (SSSR count). The van der Waals surface area contributed by atoms with Crippen LogP contribution in [0.5, 0.6) is 5.75 Å². The lowest BCUT2D eigenvalue weighted by Gasteiger charge is -2.09. The molecular formula is C17H13FN6O. The van der Waals surface area contributed by atoms with Crippen LogP contribution in [0.3, 0.4) is 0 Å². The molecule has 2 aromatic carbocycles. The Labute approximate surface area is 142 Å². The summed E-state index contributed by atoms with van der Waals surface area (Å²) in [6, 6.07) is 15.5. The second kappa shape index (κ2) is 7.70. The summed E-state index contributed by atoms with van der Waals surface area (Å²) in [5.74, 6) is 0.458. The molecule has 2 N–H and O–H groups in total. The zero-order valence-electron chi connectivity index (χ0n) is 13.0. The predicted molar refractivity (Wildman–Crippen MR) is 88.6 cm³/mol. The molecule has 0 aliphatic heterocycles. The molecule has 0 radical (unpaired) electrons. The van der Waals surface area contributed by atoms with Gasteiger partial charge in [-0.3, -0.25) is 0 Å². The molecule has 0 atom stereocenters. The number of hydrogen-bond acceptors (Lipinski definition) is 6. The van der Waals surface area contributed by atoms with Crippen molar-refractivity contribution in [1.29, 1.82) is 5.26 Å². The van der Waals surface area contributed by atoms with E-state index in [4.69, 9.17) is 10.00 Å². The fourth-order valence-corrected chi connectivity index (χ4v) is 2.03. The molecule has 0 spiro atoms. The molecule has 124 valence electrons. The molecule has 0 saturated heterocycles. The second-order valence-corrected chi connectivity index (χ2v) is 4.96. The van der Waals surface area contributed by atoms with E-state index in [1.54, 1.807) is 42.5 Å². The van der Waals surface area contributed by atoms with Crippen molar-refractivity contribution in [3.05, 3.63) is 71.9 Å². The van der Waals surface area contributed by atoms with E-state index in [9.17, 15) is 4.39 Å². The number of nitrogens with zero attached hydrogens (tertiary/aromatic N) is 4. The Balaban J connectivity index is 1.67. The third-order valence-corrected chi connectivity index (χ3v) is 3.28. The maximum Gasteiger partial charge on any atom is 0.216 e. The van der Waals surface area contributed by atoms with Crippen LogP contribution in [0.2, 0.25) is 0 Å². The standard InChI is InChI=1S/C17H13FN6O/c18-16-7-2-1-4-12(16)11-25-15-6-3-5-14(8-15)20-10-13(9-19)17-21-23-24-22-17/h1-8,10,20H,11H2,(H,21,22,23,24). The van der Waals surface area contributed by atoms with E-state index in [-0.39, 0.29) is 23.8 Å². The number of nitrogens with one attached hydrogen (secondary N) is 2. The molecule has 25 heavy (non-hydrogen) atoms. The minimum Gasteiger partial charge on any atom is -0.489 e. The van der Waals surface area contributed by atoms with Crippen molar-refractivity contribution in [2.24, 2.45) is 0 Å². The first-order chi connectivity index (χ1) is 12.3. The van der Waals surface area contributed by atoms with Crippen molar-refractivity contribution in [2.75, 3.05) is 5.32 Å². The van der Waals surface area contributed by atoms with Gasteiger partial charge in [0, 0.05) is 23.5 Å². The normalized spacial score (nSPS) is 11.0. The highest BCUT2D eigenvalue weighted by atomic mass is 19.1. The Hall–Kier alpha value is -3.73. The Bertz CT molecular complexity index is 917. The van der Waals surface area contributed by atoms with E-state index in [1.807, 2.05) is 6.07 Å². The van der Waals surface area contributed by atoms with Gasteiger partial charge in [-0.15, -0.1) is 10.2 Å². The van der Waals surface area contributed by atoms with Crippen molar-refractivity contribution in [2.45, 2.75) is 6.61 Å². The summed E-state index contributed by atoms with van der Waals surface area (Å²) < 4.78 is 19.2. The van der Waals surface area contributed by atoms with Crippen molar-refractivity contribution in [1.82, 2.24) is 20.6 Å². The number of hydrogen-bond donors (Lipinski definition) is 2. The third-order valence-electron chi connectivity index (χ3n) is 3.28. The number of nitriles is 1. The number of H-pyrrole nitrogens is 1. The Morgan fingerprint density at radius 2 is 2.16 bits per heavy atom. The van der Waals surface area contributed by atoms with E-state index >= 15 is 0 Å². The smallest absolute Gasteiger partial charge is 0.216 e. The SMILES string of the molecule is N#CC(=CNc1cccc(OCc2ccccc2F)c1)c1nn[nH]n1. The fourth-order valence-electron chi connectivity index (χ4n) is 2.03. The van der Waals surface area contributed by atoms with Gasteiger partial charge in [0.2, 0.25) is 5.82 Å². The van der Waals surface area contributed by atoms with Gasteiger partial charge in [-0.1, -0.05) is 24.3 Å². The highest BCUT2D eigenvalue weighted by Crippen LogP contribution is 2.20. The van der Waals surface area contributed by atoms with Crippen LogP contribution in [0.25, 0.3) is 5.57 Å². The van der Waals surface area contributed by atoms with Crippen LogP contribution in [0, 0.1) is 17.1 Å². The molecule has 3 aromatic rings. The zero-order valence-corrected chi connectivity index (χ0v) is 13.0. The highest BCUT2D eigenvalue weighted by molar-refractivity contribution is 5.74. The maximum atomic E-state index is 13.6. The molecule has 0 aliphatic rings. The van der Waals surface area contributed by atoms with Gasteiger partial charge in [-0.05, 0) is 23.4 Å². The first-order valence-corrected chi connectivity index (χ1v) is 7.33. The van der Waals surface area contributed by atoms with Crippen LogP contribution in [0.4, 0.5) is 10.1 Å². The van der Waals surface area contributed by atoms with E-state index in [1.165, 1.54) is 12.3 Å². The van der Waals surface area contributed by atoms with E-state index in [2.05, 4.69) is 25.9 Å². The van der Waals surface area contributed by atoms with Gasteiger partial charge in [0.25, 0.3) is 0 Å². The Kier molecular flexibility index (Phi) is 4.97. The summed E-state index contributed by atoms with van der Waals surface area (Å²) in [5, 5.41) is 25.3. The number of aromatic nitrogens is 4. The first kappa shape index (κ1) is 16.1. The van der Waals surface area contributed by atoms with E-state index in [0.29, 0.717) is 17.0 Å². The average Bonchev–Trinajstić information content (AvgIpc) is 3.16. The van der Waals surface area contributed by atoms with Gasteiger partial charge in [-0.25, -0.2) is 4.39 Å². The Morgan fingerprint density at radius 3 is 2.92 bits per heavy atom. The summed E-state index contributed by atoms with van der Waals surface area (Å²) in [4.78, 5) is 0. The summed E-state index contributed by atoms with van der Waals surface area (Å²) in [7, 11) is 0. The van der Waals surface area contributed by atoms with Crippen LogP contribution in [0.1, 0.15) is 11.4 Å². The number of ether oxygens (including phenoxy) is 1. The van der Waals surface area contributed by atoms with Crippen LogP contribution in [-0.4, -0.2) is 20.6 Å². The number of tetrazole rings is 1. The third kappa shape index (κ3) is 4.17. The molecule has 0 amide bonds. The first-order valence-electron chi connectivity index (χ1n) is 7.33. The molecule has 0 aliphatic carbocycles. The quantitative estimate of drug-likeness (QED) is 0.672. The average molecular weight is 336 g/mol. The van der Waals surface area contributed by atoms with Gasteiger partial charge in [0.1, 0.15) is 29.8 Å². The number of anilines is 1. The van der Waals surface area contributed by atoms with Gasteiger partial charge in [-0.2, -0.15) is 10.5 Å². The van der Waals surface area contributed by atoms with Crippen LogP contribution < -0.4 is 10.1 Å². The highest BCUT2D eigenvalue weighted by Gasteiger charge is 2.06. The predicted octanol–water partition coefficient (Wildman–Crippen LogP) is 2.89. The fraction of sp³-hybridized carbons (Fsp3) is 0.0588. The number of allylic oxidation sites excluding steroid dienone is 1. The number of halogens is 1. The monoisotopic (exact) mass is 336 g/mol. The molecule has 0 unspecified atom stereocenters. The molecule has 1 aromatic heterocycles. The number of aromatic amines is 1. The summed E-state index contributed by atoms with van der Waals surface area (Å²) in [5.41, 5.74) is 1.40. The molecule has 0 fully saturated rings. The second-order valence-electron chi connectivity index (χ2n) is 4.96. The number of rotatable bonds is 6. The lowest BCUT2D eigenvalue weighted by Crippen LogP contribution is -1.99. The largest absolute Gasteiger partial charge is 0.489 e. The molecule has 7 nitrogen and oxygen atoms in total. The molecule has 0 bridgehead atoms. The minimum atomic E-state index is -0.307. The molecule has 1 heterocycles. The summed E-state index contributed by atoms with van der Waals surface area (Å²) >= 11 is 0. The topological polar surface area (TPSA) is 99.5 Å². The molecule has 8 heteroatoms.